The number of rotatable bonds is 6. The normalized spacial score (nSPS) is 14.6. The summed E-state index contributed by atoms with van der Waals surface area (Å²) >= 11 is 0. The van der Waals surface area contributed by atoms with Gasteiger partial charge in [0, 0.05) is 11.6 Å². The van der Waals surface area contributed by atoms with Crippen molar-refractivity contribution in [3.8, 4) is 0 Å². The minimum absolute atomic E-state index is 0.192. The predicted octanol–water partition coefficient (Wildman–Crippen LogP) is 3.11. The van der Waals surface area contributed by atoms with Gasteiger partial charge in [-0.25, -0.2) is 13.2 Å². The van der Waals surface area contributed by atoms with E-state index in [9.17, 15) is 18.0 Å². The van der Waals surface area contributed by atoms with Gasteiger partial charge in [0.15, 0.2) is 0 Å². The van der Waals surface area contributed by atoms with Crippen molar-refractivity contribution < 1.29 is 18.0 Å². The quantitative estimate of drug-likeness (QED) is 0.841. The Labute approximate surface area is 145 Å². The molecule has 0 fully saturated rings. The maximum atomic E-state index is 13.5. The lowest BCUT2D eigenvalue weighted by Crippen LogP contribution is -2.53. The van der Waals surface area contributed by atoms with Gasteiger partial charge in [0.2, 0.25) is 5.91 Å². The van der Waals surface area contributed by atoms with Crippen LogP contribution in [0.5, 0.6) is 0 Å². The van der Waals surface area contributed by atoms with Gasteiger partial charge >= 0.3 is 0 Å². The molecular formula is C19H21F3N2O. The summed E-state index contributed by atoms with van der Waals surface area (Å²) in [6.45, 7) is 3.31. The number of carbonyl (C=O) groups is 1. The molecule has 0 spiro atoms. The zero-order valence-electron chi connectivity index (χ0n) is 14.2. The van der Waals surface area contributed by atoms with Crippen LogP contribution in [0.4, 0.5) is 13.2 Å². The molecule has 0 saturated carbocycles. The van der Waals surface area contributed by atoms with Crippen molar-refractivity contribution in [2.75, 3.05) is 0 Å². The van der Waals surface area contributed by atoms with Gasteiger partial charge in [-0.1, -0.05) is 12.1 Å². The van der Waals surface area contributed by atoms with Crippen LogP contribution in [0.15, 0.2) is 42.5 Å². The Morgan fingerprint density at radius 2 is 1.52 bits per heavy atom. The first-order chi connectivity index (χ1) is 11.7. The second-order valence-corrected chi connectivity index (χ2v) is 6.60. The average molecular weight is 350 g/mol. The highest BCUT2D eigenvalue weighted by Gasteiger charge is 2.29. The van der Waals surface area contributed by atoms with E-state index in [4.69, 9.17) is 5.73 Å². The van der Waals surface area contributed by atoms with Crippen molar-refractivity contribution in [2.45, 2.75) is 38.3 Å². The highest BCUT2D eigenvalue weighted by molar-refractivity contribution is 5.81. The third-order valence-electron chi connectivity index (χ3n) is 3.86. The van der Waals surface area contributed by atoms with Crippen molar-refractivity contribution in [3.05, 3.63) is 71.0 Å². The van der Waals surface area contributed by atoms with Gasteiger partial charge in [-0.15, -0.1) is 0 Å². The lowest BCUT2D eigenvalue weighted by molar-refractivity contribution is -0.123. The molecule has 1 amide bonds. The molecule has 2 rings (SSSR count). The minimum Gasteiger partial charge on any atom is -0.349 e. The summed E-state index contributed by atoms with van der Waals surface area (Å²) in [5.74, 6) is -2.10. The zero-order chi connectivity index (χ0) is 18.6. The van der Waals surface area contributed by atoms with Crippen molar-refractivity contribution in [3.63, 3.8) is 0 Å². The Morgan fingerprint density at radius 3 is 2.04 bits per heavy atom. The smallest absolute Gasteiger partial charge is 0.237 e. The number of hydrogen-bond acceptors (Lipinski definition) is 2. The number of hydrogen-bond donors (Lipinski definition) is 2. The van der Waals surface area contributed by atoms with Crippen LogP contribution in [0.25, 0.3) is 0 Å². The van der Waals surface area contributed by atoms with Gasteiger partial charge in [0.1, 0.15) is 17.5 Å². The number of nitrogens with one attached hydrogen (secondary N) is 1. The largest absolute Gasteiger partial charge is 0.349 e. The minimum atomic E-state index is -0.844. The van der Waals surface area contributed by atoms with Crippen LogP contribution in [0.2, 0.25) is 0 Å². The number of halogens is 3. The number of nitrogens with two attached hydrogens (primary N) is 1. The van der Waals surface area contributed by atoms with Crippen LogP contribution in [0.3, 0.4) is 0 Å². The fraction of sp³-hybridized carbons (Fsp3) is 0.316. The lowest BCUT2D eigenvalue weighted by atomic mass is 9.86. The third kappa shape index (κ3) is 5.60. The molecule has 0 bridgehead atoms. The van der Waals surface area contributed by atoms with Crippen LogP contribution >= 0.6 is 0 Å². The van der Waals surface area contributed by atoms with Crippen LogP contribution in [0, 0.1) is 17.5 Å². The first-order valence-electron chi connectivity index (χ1n) is 7.94. The number of carbonyl (C=O) groups excluding carboxylic acids is 1. The molecule has 3 N–H and O–H groups in total. The Morgan fingerprint density at radius 1 is 1.00 bits per heavy atom. The lowest BCUT2D eigenvalue weighted by Gasteiger charge is -2.32. The van der Waals surface area contributed by atoms with Crippen molar-refractivity contribution in [2.24, 2.45) is 5.73 Å². The van der Waals surface area contributed by atoms with E-state index in [2.05, 4.69) is 5.32 Å². The van der Waals surface area contributed by atoms with Crippen molar-refractivity contribution in [1.29, 1.82) is 0 Å². The topological polar surface area (TPSA) is 55.1 Å². The molecule has 2 aromatic rings. The van der Waals surface area contributed by atoms with Gasteiger partial charge in [-0.3, -0.25) is 4.79 Å². The van der Waals surface area contributed by atoms with Crippen molar-refractivity contribution >= 4 is 5.91 Å². The fourth-order valence-corrected chi connectivity index (χ4v) is 2.78. The van der Waals surface area contributed by atoms with Gasteiger partial charge in [0.05, 0.1) is 6.04 Å². The molecule has 25 heavy (non-hydrogen) atoms. The van der Waals surface area contributed by atoms with E-state index in [0.717, 1.165) is 11.6 Å². The highest BCUT2D eigenvalue weighted by Crippen LogP contribution is 2.21. The van der Waals surface area contributed by atoms with Gasteiger partial charge in [-0.05, 0) is 62.1 Å². The van der Waals surface area contributed by atoms with E-state index in [1.807, 2.05) is 0 Å². The van der Waals surface area contributed by atoms with E-state index < -0.39 is 23.2 Å². The first kappa shape index (κ1) is 19.0. The SMILES string of the molecule is C[C@H](N)C(=O)NC(C)(Cc1ccc(F)cc1)Cc1cc(F)cc(F)c1. The number of amides is 1. The summed E-state index contributed by atoms with van der Waals surface area (Å²) in [5, 5.41) is 2.84. The molecule has 0 radical (unpaired) electrons. The molecule has 0 aliphatic carbocycles. The average Bonchev–Trinajstić information content (AvgIpc) is 2.48. The Balaban J connectivity index is 2.29. The maximum Gasteiger partial charge on any atom is 0.237 e. The predicted molar refractivity (Wildman–Crippen MR) is 90.4 cm³/mol. The number of benzene rings is 2. The molecule has 2 aromatic carbocycles. The molecule has 0 aliphatic rings. The molecule has 2 atom stereocenters. The molecule has 3 nitrogen and oxygen atoms in total. The van der Waals surface area contributed by atoms with Crippen LogP contribution in [-0.2, 0) is 17.6 Å². The van der Waals surface area contributed by atoms with E-state index in [1.54, 1.807) is 26.0 Å². The van der Waals surface area contributed by atoms with Gasteiger partial charge in [-0.2, -0.15) is 0 Å². The highest BCUT2D eigenvalue weighted by atomic mass is 19.1. The van der Waals surface area contributed by atoms with Gasteiger partial charge < -0.3 is 11.1 Å². The second kappa shape index (κ2) is 7.70. The molecule has 0 saturated heterocycles. The molecule has 0 heterocycles. The third-order valence-corrected chi connectivity index (χ3v) is 3.86. The summed E-state index contributed by atoms with van der Waals surface area (Å²) in [4.78, 5) is 12.1. The molecule has 134 valence electrons. The van der Waals surface area contributed by atoms with E-state index in [0.29, 0.717) is 12.0 Å². The van der Waals surface area contributed by atoms with Crippen molar-refractivity contribution in [1.82, 2.24) is 5.32 Å². The monoisotopic (exact) mass is 350 g/mol. The van der Waals surface area contributed by atoms with E-state index in [1.165, 1.54) is 24.3 Å². The molecular weight excluding hydrogens is 329 g/mol. The standard InChI is InChI=1S/C19H21F3N2O/c1-12(23)18(25)24-19(2,10-13-3-5-15(20)6-4-13)11-14-7-16(21)9-17(22)8-14/h3-9,12H,10-11,23H2,1-2H3,(H,24,25)/t12-,19?/m0/s1. The first-order valence-corrected chi connectivity index (χ1v) is 7.94. The van der Waals surface area contributed by atoms with Crippen LogP contribution in [-0.4, -0.2) is 17.5 Å². The summed E-state index contributed by atoms with van der Waals surface area (Å²) in [6.07, 6.45) is 0.543. The molecule has 0 aliphatic heterocycles. The maximum absolute atomic E-state index is 13.5. The fourth-order valence-electron chi connectivity index (χ4n) is 2.78. The Hall–Kier alpha value is -2.34. The van der Waals surface area contributed by atoms with Crippen LogP contribution in [0.1, 0.15) is 25.0 Å². The summed E-state index contributed by atoms with van der Waals surface area (Å²) in [5.41, 5.74) is 5.96. The summed E-state index contributed by atoms with van der Waals surface area (Å²) < 4.78 is 40.1. The zero-order valence-corrected chi connectivity index (χ0v) is 14.2. The van der Waals surface area contributed by atoms with E-state index in [-0.39, 0.29) is 18.1 Å². The molecule has 0 aromatic heterocycles. The Bertz CT molecular complexity index is 727. The van der Waals surface area contributed by atoms with Gasteiger partial charge in [0.25, 0.3) is 0 Å². The second-order valence-electron chi connectivity index (χ2n) is 6.60. The van der Waals surface area contributed by atoms with Crippen LogP contribution < -0.4 is 11.1 Å². The van der Waals surface area contributed by atoms with E-state index >= 15 is 0 Å². The molecule has 1 unspecified atom stereocenters. The molecule has 6 heteroatoms. The summed E-state index contributed by atoms with van der Waals surface area (Å²) in [7, 11) is 0. The Kier molecular flexibility index (Phi) is 5.85. The summed E-state index contributed by atoms with van der Waals surface area (Å²) in [6, 6.07) is 8.39.